The van der Waals surface area contributed by atoms with E-state index in [2.05, 4.69) is 28.6 Å². The molecule has 1 aliphatic carbocycles. The van der Waals surface area contributed by atoms with Crippen LogP contribution in [0.5, 0.6) is 0 Å². The van der Waals surface area contributed by atoms with Gasteiger partial charge in [0.25, 0.3) is 0 Å². The molecule has 6 heteroatoms. The van der Waals surface area contributed by atoms with E-state index in [1.165, 1.54) is 19.3 Å². The van der Waals surface area contributed by atoms with Crippen molar-refractivity contribution in [3.63, 3.8) is 0 Å². The second kappa shape index (κ2) is 6.59. The molecule has 1 aliphatic heterocycles. The van der Waals surface area contributed by atoms with Gasteiger partial charge in [-0.15, -0.1) is 10.2 Å². The molecule has 23 heavy (non-hydrogen) atoms. The Bertz CT molecular complexity index is 551. The molecule has 1 aromatic rings. The molecule has 1 spiro atoms. The molecule has 1 saturated heterocycles. The molecule has 1 atom stereocenters. The summed E-state index contributed by atoms with van der Waals surface area (Å²) in [5.74, 6) is 2.03. The van der Waals surface area contributed by atoms with Crippen LogP contribution in [0.4, 0.5) is 0 Å². The highest BCUT2D eigenvalue weighted by atomic mass is 16.5. The summed E-state index contributed by atoms with van der Waals surface area (Å²) in [5.41, 5.74) is 0.212. The normalized spacial score (nSPS) is 22.8. The topological polar surface area (TPSA) is 60.2 Å². The Morgan fingerprint density at radius 1 is 1.48 bits per heavy atom. The van der Waals surface area contributed by atoms with Crippen LogP contribution in [-0.2, 0) is 16.1 Å². The van der Waals surface area contributed by atoms with Gasteiger partial charge in [0.2, 0.25) is 5.91 Å². The fourth-order valence-electron chi connectivity index (χ4n) is 4.00. The van der Waals surface area contributed by atoms with Crippen LogP contribution in [0.15, 0.2) is 6.33 Å². The van der Waals surface area contributed by atoms with E-state index in [0.29, 0.717) is 18.4 Å². The summed E-state index contributed by atoms with van der Waals surface area (Å²) in [6, 6.07) is 0. The molecule has 128 valence electrons. The molecule has 0 aromatic carbocycles. The molecule has 3 rings (SSSR count). The number of amides is 1. The van der Waals surface area contributed by atoms with Crippen molar-refractivity contribution in [3.05, 3.63) is 12.2 Å². The zero-order valence-corrected chi connectivity index (χ0v) is 14.5. The Labute approximate surface area is 138 Å². The highest BCUT2D eigenvalue weighted by Crippen LogP contribution is 2.55. The fraction of sp³-hybridized carbons (Fsp3) is 0.824. The number of nitrogens with zero attached hydrogens (tertiary/aromatic N) is 4. The lowest BCUT2D eigenvalue weighted by molar-refractivity contribution is -0.135. The van der Waals surface area contributed by atoms with Crippen LogP contribution in [0.3, 0.4) is 0 Å². The molecular weight excluding hydrogens is 292 g/mol. The van der Waals surface area contributed by atoms with E-state index < -0.39 is 0 Å². The molecule has 0 radical (unpaired) electrons. The van der Waals surface area contributed by atoms with Crippen molar-refractivity contribution in [2.45, 2.75) is 52.5 Å². The summed E-state index contributed by atoms with van der Waals surface area (Å²) in [6.07, 6.45) is 5.46. The molecule has 0 N–H and O–H groups in total. The quantitative estimate of drug-likeness (QED) is 0.805. The van der Waals surface area contributed by atoms with Crippen molar-refractivity contribution in [2.24, 2.45) is 11.3 Å². The van der Waals surface area contributed by atoms with Gasteiger partial charge in [-0.3, -0.25) is 4.79 Å². The predicted molar refractivity (Wildman–Crippen MR) is 87.0 cm³/mol. The molecule has 1 amide bonds. The third kappa shape index (κ3) is 3.13. The van der Waals surface area contributed by atoms with Gasteiger partial charge < -0.3 is 14.2 Å². The van der Waals surface area contributed by atoms with Crippen LogP contribution in [0.1, 0.15) is 51.8 Å². The zero-order chi connectivity index (χ0) is 16.4. The number of ether oxygens (including phenoxy) is 1. The third-order valence-electron chi connectivity index (χ3n) is 5.30. The number of aromatic nitrogens is 3. The first-order valence-electron chi connectivity index (χ1n) is 8.79. The van der Waals surface area contributed by atoms with Gasteiger partial charge in [0.05, 0.1) is 0 Å². The highest BCUT2D eigenvalue weighted by Gasteiger charge is 2.53. The molecule has 1 unspecified atom stereocenters. The van der Waals surface area contributed by atoms with Crippen molar-refractivity contribution in [2.75, 3.05) is 26.3 Å². The lowest BCUT2D eigenvalue weighted by Crippen LogP contribution is -2.39. The molecule has 2 aliphatic rings. The third-order valence-corrected chi connectivity index (χ3v) is 5.30. The van der Waals surface area contributed by atoms with Gasteiger partial charge >= 0.3 is 0 Å². The van der Waals surface area contributed by atoms with Gasteiger partial charge in [-0.2, -0.15) is 0 Å². The molecule has 1 aromatic heterocycles. The molecule has 1 saturated carbocycles. The summed E-state index contributed by atoms with van der Waals surface area (Å²) >= 11 is 0. The first kappa shape index (κ1) is 16.4. The zero-order valence-electron chi connectivity index (χ0n) is 14.5. The minimum Gasteiger partial charge on any atom is -0.372 e. The molecule has 2 heterocycles. The van der Waals surface area contributed by atoms with Gasteiger partial charge in [0.15, 0.2) is 0 Å². The maximum absolute atomic E-state index is 12.4. The Balaban J connectivity index is 1.78. The average molecular weight is 320 g/mol. The largest absolute Gasteiger partial charge is 0.372 e. The summed E-state index contributed by atoms with van der Waals surface area (Å²) in [6.45, 7) is 9.63. The van der Waals surface area contributed by atoms with Gasteiger partial charge in [-0.25, -0.2) is 0 Å². The number of carbonyl (C=O) groups excluding carboxylic acids is 1. The number of rotatable bonds is 6. The molecule has 0 bridgehead atoms. The van der Waals surface area contributed by atoms with Crippen LogP contribution in [0.25, 0.3) is 0 Å². The van der Waals surface area contributed by atoms with E-state index in [0.717, 1.165) is 25.5 Å². The summed E-state index contributed by atoms with van der Waals surface area (Å²) in [7, 11) is 0. The SMILES string of the molecule is CCOCC(=O)N1CC(c2nncn2CC(C)C)C2(CCC2)C1. The van der Waals surface area contributed by atoms with Crippen molar-refractivity contribution in [1.82, 2.24) is 19.7 Å². The maximum Gasteiger partial charge on any atom is 0.248 e. The minimum atomic E-state index is 0.107. The number of likely N-dealkylation sites (tertiary alicyclic amines) is 1. The highest BCUT2D eigenvalue weighted by molar-refractivity contribution is 5.78. The first-order chi connectivity index (χ1) is 11.1. The average Bonchev–Trinajstić information content (AvgIpc) is 3.07. The van der Waals surface area contributed by atoms with Crippen molar-refractivity contribution >= 4 is 5.91 Å². The van der Waals surface area contributed by atoms with Gasteiger partial charge in [0, 0.05) is 32.2 Å². The van der Waals surface area contributed by atoms with E-state index in [4.69, 9.17) is 4.74 Å². The second-order valence-corrected chi connectivity index (χ2v) is 7.42. The Kier molecular flexibility index (Phi) is 4.71. The van der Waals surface area contributed by atoms with Crippen LogP contribution in [0.2, 0.25) is 0 Å². The molecule has 6 nitrogen and oxygen atoms in total. The van der Waals surface area contributed by atoms with Crippen LogP contribution in [-0.4, -0.2) is 51.9 Å². The standard InChI is InChI=1S/C17H28N4O2/c1-4-23-10-15(22)20-9-14(17(11-20)6-5-7-17)16-19-18-12-21(16)8-13(2)3/h12-14H,4-11H2,1-3H3. The van der Waals surface area contributed by atoms with E-state index in [1.807, 2.05) is 18.2 Å². The summed E-state index contributed by atoms with van der Waals surface area (Å²) in [5, 5.41) is 8.58. The van der Waals surface area contributed by atoms with E-state index >= 15 is 0 Å². The van der Waals surface area contributed by atoms with E-state index in [9.17, 15) is 4.79 Å². The lowest BCUT2D eigenvalue weighted by atomic mass is 9.62. The monoisotopic (exact) mass is 320 g/mol. The fourth-order valence-corrected chi connectivity index (χ4v) is 4.00. The van der Waals surface area contributed by atoms with Gasteiger partial charge in [-0.1, -0.05) is 20.3 Å². The summed E-state index contributed by atoms with van der Waals surface area (Å²) in [4.78, 5) is 14.3. The first-order valence-corrected chi connectivity index (χ1v) is 8.79. The molecular formula is C17H28N4O2. The number of hydrogen-bond acceptors (Lipinski definition) is 4. The Morgan fingerprint density at radius 2 is 2.26 bits per heavy atom. The van der Waals surface area contributed by atoms with Crippen LogP contribution >= 0.6 is 0 Å². The molecule has 2 fully saturated rings. The van der Waals surface area contributed by atoms with Crippen LogP contribution in [0, 0.1) is 11.3 Å². The van der Waals surface area contributed by atoms with E-state index in [-0.39, 0.29) is 17.9 Å². The maximum atomic E-state index is 12.4. The van der Waals surface area contributed by atoms with Crippen molar-refractivity contribution in [3.8, 4) is 0 Å². The van der Waals surface area contributed by atoms with Gasteiger partial charge in [0.1, 0.15) is 18.8 Å². The van der Waals surface area contributed by atoms with Crippen molar-refractivity contribution in [1.29, 1.82) is 0 Å². The lowest BCUT2D eigenvalue weighted by Gasteiger charge is -2.42. The predicted octanol–water partition coefficient (Wildman–Crippen LogP) is 2.07. The van der Waals surface area contributed by atoms with E-state index in [1.54, 1.807) is 0 Å². The summed E-state index contributed by atoms with van der Waals surface area (Å²) < 4.78 is 7.49. The Hall–Kier alpha value is -1.43. The Morgan fingerprint density at radius 3 is 2.87 bits per heavy atom. The smallest absolute Gasteiger partial charge is 0.248 e. The second-order valence-electron chi connectivity index (χ2n) is 7.42. The number of hydrogen-bond donors (Lipinski definition) is 0. The minimum absolute atomic E-state index is 0.107. The van der Waals surface area contributed by atoms with Gasteiger partial charge in [-0.05, 0) is 31.1 Å². The van der Waals surface area contributed by atoms with Crippen molar-refractivity contribution < 1.29 is 9.53 Å². The number of carbonyl (C=O) groups is 1. The van der Waals surface area contributed by atoms with Crippen LogP contribution < -0.4 is 0 Å².